The molecule has 9 nitrogen and oxygen atoms in total. The number of hydrogen-bond acceptors (Lipinski definition) is 7. The van der Waals surface area contributed by atoms with Gasteiger partial charge in [-0.15, -0.1) is 10.2 Å². The molecule has 0 radical (unpaired) electrons. The number of amides is 1. The summed E-state index contributed by atoms with van der Waals surface area (Å²) in [6.45, 7) is 5.90. The Kier molecular flexibility index (Phi) is 7.72. The van der Waals surface area contributed by atoms with Crippen molar-refractivity contribution >= 4 is 33.4 Å². The predicted octanol–water partition coefficient (Wildman–Crippen LogP) is 2.87. The number of benzene rings is 2. The van der Waals surface area contributed by atoms with Gasteiger partial charge in [0.1, 0.15) is 5.82 Å². The molecule has 12 heteroatoms. The van der Waals surface area contributed by atoms with Crippen molar-refractivity contribution in [2.45, 2.75) is 30.8 Å². The third kappa shape index (κ3) is 5.52. The van der Waals surface area contributed by atoms with Crippen LogP contribution in [-0.4, -0.2) is 52.3 Å². The fraction of sp³-hybridized carbons (Fsp3) is 0.286. The lowest BCUT2D eigenvalue weighted by atomic mass is 10.2. The van der Waals surface area contributed by atoms with Gasteiger partial charge in [-0.05, 0) is 36.8 Å². The third-order valence-electron chi connectivity index (χ3n) is 4.89. The van der Waals surface area contributed by atoms with E-state index in [0.29, 0.717) is 29.9 Å². The zero-order valence-corrected chi connectivity index (χ0v) is 20.1. The van der Waals surface area contributed by atoms with Crippen LogP contribution in [0.1, 0.15) is 19.4 Å². The van der Waals surface area contributed by atoms with E-state index in [1.54, 1.807) is 45.0 Å². The van der Waals surface area contributed by atoms with Crippen LogP contribution in [0.25, 0.3) is 11.4 Å². The predicted molar refractivity (Wildman–Crippen MR) is 126 cm³/mol. The largest absolute Gasteiger partial charge is 0.335 e. The van der Waals surface area contributed by atoms with Crippen LogP contribution in [0.3, 0.4) is 0 Å². The number of nitrogens with zero attached hydrogens (tertiary/aromatic N) is 4. The van der Waals surface area contributed by atoms with Gasteiger partial charge in [0.25, 0.3) is 0 Å². The van der Waals surface area contributed by atoms with Crippen LogP contribution in [0, 0.1) is 12.7 Å². The number of carbonyl (C=O) groups is 1. The van der Waals surface area contributed by atoms with Gasteiger partial charge in [0.15, 0.2) is 5.82 Å². The summed E-state index contributed by atoms with van der Waals surface area (Å²) in [5.74, 6) is 5.58. The Balaban J connectivity index is 1.73. The summed E-state index contributed by atoms with van der Waals surface area (Å²) in [5.41, 5.74) is 1.31. The number of anilines is 1. The first-order valence-electron chi connectivity index (χ1n) is 10.2. The van der Waals surface area contributed by atoms with E-state index < -0.39 is 15.8 Å². The van der Waals surface area contributed by atoms with Crippen molar-refractivity contribution in [1.82, 2.24) is 19.2 Å². The second-order valence-corrected chi connectivity index (χ2v) is 9.97. The molecule has 3 N–H and O–H groups in total. The first-order valence-corrected chi connectivity index (χ1v) is 12.6. The van der Waals surface area contributed by atoms with Crippen LogP contribution in [0.15, 0.2) is 52.5 Å². The molecule has 0 bridgehead atoms. The molecule has 0 aliphatic heterocycles. The van der Waals surface area contributed by atoms with Crippen LogP contribution >= 0.6 is 11.8 Å². The quantitative estimate of drug-likeness (QED) is 0.348. The standard InChI is InChI=1S/C21H25FN6O3S2/c1-4-27(5-2)33(30,31)17-8-6-7-15(11-17)20-25-26-21(28(20)23)32-13-19(29)24-16-10-9-14(3)18(22)12-16/h6-12H,4-5,13,23H2,1-3H3,(H,24,29). The van der Waals surface area contributed by atoms with E-state index in [2.05, 4.69) is 15.5 Å². The van der Waals surface area contributed by atoms with Crippen molar-refractivity contribution < 1.29 is 17.6 Å². The molecule has 0 saturated heterocycles. The average Bonchev–Trinajstić information content (AvgIpc) is 3.16. The van der Waals surface area contributed by atoms with E-state index in [1.165, 1.54) is 27.2 Å². The number of sulfonamides is 1. The summed E-state index contributed by atoms with van der Waals surface area (Å²) >= 11 is 1.05. The number of nitrogens with one attached hydrogen (secondary N) is 1. The van der Waals surface area contributed by atoms with Gasteiger partial charge in [-0.25, -0.2) is 17.5 Å². The number of carbonyl (C=O) groups excluding carboxylic acids is 1. The van der Waals surface area contributed by atoms with Gasteiger partial charge in [-0.2, -0.15) is 4.31 Å². The van der Waals surface area contributed by atoms with E-state index in [4.69, 9.17) is 5.84 Å². The van der Waals surface area contributed by atoms with Gasteiger partial charge < -0.3 is 11.2 Å². The van der Waals surface area contributed by atoms with Gasteiger partial charge in [0.05, 0.1) is 10.6 Å². The molecule has 1 heterocycles. The molecule has 0 atom stereocenters. The van der Waals surface area contributed by atoms with Gasteiger partial charge in [0.2, 0.25) is 21.1 Å². The first-order chi connectivity index (χ1) is 15.7. The maximum Gasteiger partial charge on any atom is 0.243 e. The second kappa shape index (κ2) is 10.3. The molecule has 0 saturated carbocycles. The molecule has 0 unspecified atom stereocenters. The van der Waals surface area contributed by atoms with Crippen molar-refractivity contribution in [3.63, 3.8) is 0 Å². The molecule has 0 fully saturated rings. The minimum Gasteiger partial charge on any atom is -0.335 e. The van der Waals surface area contributed by atoms with Crippen molar-refractivity contribution in [2.75, 3.05) is 30.0 Å². The topological polar surface area (TPSA) is 123 Å². The van der Waals surface area contributed by atoms with E-state index in [-0.39, 0.29) is 27.5 Å². The van der Waals surface area contributed by atoms with E-state index in [9.17, 15) is 17.6 Å². The molecule has 1 aromatic heterocycles. The Morgan fingerprint density at radius 2 is 1.91 bits per heavy atom. The molecule has 0 spiro atoms. The minimum atomic E-state index is -3.64. The SMILES string of the molecule is CCN(CC)S(=O)(=O)c1cccc(-c2nnc(SCC(=O)Nc3ccc(C)c(F)c3)n2N)c1. The van der Waals surface area contributed by atoms with Gasteiger partial charge in [0, 0.05) is 24.3 Å². The Hall–Kier alpha value is -2.96. The number of halogens is 1. The Bertz CT molecular complexity index is 1260. The Morgan fingerprint density at radius 1 is 1.18 bits per heavy atom. The molecule has 33 heavy (non-hydrogen) atoms. The fourth-order valence-corrected chi connectivity index (χ4v) is 5.24. The fourth-order valence-electron chi connectivity index (χ4n) is 3.08. The normalized spacial score (nSPS) is 11.7. The van der Waals surface area contributed by atoms with Crippen LogP contribution < -0.4 is 11.2 Å². The highest BCUT2D eigenvalue weighted by Gasteiger charge is 2.23. The molecule has 1 amide bonds. The number of nitrogens with two attached hydrogens (primary N) is 1. The second-order valence-electron chi connectivity index (χ2n) is 7.09. The summed E-state index contributed by atoms with van der Waals surface area (Å²) in [6, 6.07) is 10.7. The van der Waals surface area contributed by atoms with Crippen molar-refractivity contribution in [3.8, 4) is 11.4 Å². The molecule has 2 aromatic carbocycles. The van der Waals surface area contributed by atoms with Crippen LogP contribution in [0.2, 0.25) is 0 Å². The monoisotopic (exact) mass is 492 g/mol. The van der Waals surface area contributed by atoms with Crippen LogP contribution in [-0.2, 0) is 14.8 Å². The number of aryl methyl sites for hydroxylation is 1. The highest BCUT2D eigenvalue weighted by Crippen LogP contribution is 2.25. The van der Waals surface area contributed by atoms with Crippen molar-refractivity contribution in [2.24, 2.45) is 0 Å². The number of thioether (sulfide) groups is 1. The summed E-state index contributed by atoms with van der Waals surface area (Å²) in [5, 5.41) is 10.9. The highest BCUT2D eigenvalue weighted by molar-refractivity contribution is 7.99. The molecular weight excluding hydrogens is 467 g/mol. The molecule has 3 aromatic rings. The summed E-state index contributed by atoms with van der Waals surface area (Å²) < 4.78 is 41.8. The lowest BCUT2D eigenvalue weighted by Crippen LogP contribution is -2.30. The smallest absolute Gasteiger partial charge is 0.243 e. The Morgan fingerprint density at radius 3 is 2.58 bits per heavy atom. The lowest BCUT2D eigenvalue weighted by molar-refractivity contribution is -0.113. The van der Waals surface area contributed by atoms with E-state index >= 15 is 0 Å². The molecule has 3 rings (SSSR count). The minimum absolute atomic E-state index is 0.0266. The van der Waals surface area contributed by atoms with Gasteiger partial charge >= 0.3 is 0 Å². The number of rotatable bonds is 9. The van der Waals surface area contributed by atoms with Gasteiger partial charge in [-0.1, -0.05) is 43.8 Å². The van der Waals surface area contributed by atoms with E-state index in [0.717, 1.165) is 11.8 Å². The maximum atomic E-state index is 13.6. The summed E-state index contributed by atoms with van der Waals surface area (Å²) in [7, 11) is -3.64. The summed E-state index contributed by atoms with van der Waals surface area (Å²) in [4.78, 5) is 12.4. The molecule has 0 aliphatic carbocycles. The van der Waals surface area contributed by atoms with Crippen molar-refractivity contribution in [1.29, 1.82) is 0 Å². The van der Waals surface area contributed by atoms with Gasteiger partial charge in [-0.3, -0.25) is 4.79 Å². The maximum absolute atomic E-state index is 13.6. The number of nitrogen functional groups attached to an aromatic ring is 1. The molecule has 176 valence electrons. The third-order valence-corrected chi connectivity index (χ3v) is 7.88. The van der Waals surface area contributed by atoms with Crippen molar-refractivity contribution in [3.05, 3.63) is 53.8 Å². The zero-order chi connectivity index (χ0) is 24.2. The van der Waals surface area contributed by atoms with Crippen LogP contribution in [0.4, 0.5) is 10.1 Å². The molecular formula is C21H25FN6O3S2. The van der Waals surface area contributed by atoms with E-state index in [1.807, 2.05) is 0 Å². The zero-order valence-electron chi connectivity index (χ0n) is 18.4. The number of aromatic nitrogens is 3. The first kappa shape index (κ1) is 24.7. The number of hydrogen-bond donors (Lipinski definition) is 2. The lowest BCUT2D eigenvalue weighted by Gasteiger charge is -2.18. The van der Waals surface area contributed by atoms with Crippen LogP contribution in [0.5, 0.6) is 0 Å². The molecule has 0 aliphatic rings. The average molecular weight is 493 g/mol. The summed E-state index contributed by atoms with van der Waals surface area (Å²) in [6.07, 6.45) is 0. The Labute approximate surface area is 196 Å². The highest BCUT2D eigenvalue weighted by atomic mass is 32.2.